The third-order valence-electron chi connectivity index (χ3n) is 3.34. The van der Waals surface area contributed by atoms with Crippen LogP contribution in [0.5, 0.6) is 0 Å². The van der Waals surface area contributed by atoms with Crippen molar-refractivity contribution in [1.82, 2.24) is 16.0 Å². The average Bonchev–Trinajstić information content (AvgIpc) is 2.63. The minimum absolute atomic E-state index is 0.106. The van der Waals surface area contributed by atoms with Gasteiger partial charge in [-0.05, 0) is 0 Å². The highest BCUT2D eigenvalue weighted by Gasteiger charge is 2.32. The summed E-state index contributed by atoms with van der Waals surface area (Å²) in [5, 5.41) is 34.3. The number of aliphatic hydroxyl groups is 2. The fraction of sp³-hybridized carbons (Fsp3) is 0.750. The van der Waals surface area contributed by atoms with Gasteiger partial charge < -0.3 is 31.3 Å². The van der Waals surface area contributed by atoms with Gasteiger partial charge in [-0.1, -0.05) is 13.8 Å². The van der Waals surface area contributed by atoms with Crippen LogP contribution < -0.4 is 16.0 Å². The lowest BCUT2D eigenvalue weighted by molar-refractivity contribution is -0.140. The van der Waals surface area contributed by atoms with E-state index in [1.54, 1.807) is 13.8 Å². The highest BCUT2D eigenvalue weighted by atomic mass is 32.1. The molecule has 164 valence electrons. The van der Waals surface area contributed by atoms with Gasteiger partial charge in [0.2, 0.25) is 17.7 Å². The van der Waals surface area contributed by atoms with E-state index in [0.29, 0.717) is 12.3 Å². The van der Waals surface area contributed by atoms with Crippen molar-refractivity contribution >= 4 is 48.9 Å². The van der Waals surface area contributed by atoms with Crippen molar-refractivity contribution in [3.8, 4) is 0 Å². The van der Waals surface area contributed by atoms with Crippen molar-refractivity contribution in [3.63, 3.8) is 0 Å². The number of nitrogens with one attached hydrogen (secondary N) is 3. The van der Waals surface area contributed by atoms with E-state index in [1.165, 1.54) is 6.92 Å². The van der Waals surface area contributed by atoms with Crippen LogP contribution >= 0.6 is 25.3 Å². The van der Waals surface area contributed by atoms with E-state index in [2.05, 4.69) is 41.2 Å². The van der Waals surface area contributed by atoms with Gasteiger partial charge in [0.25, 0.3) is 0 Å². The van der Waals surface area contributed by atoms with Crippen molar-refractivity contribution in [2.24, 2.45) is 5.41 Å². The molecule has 0 heterocycles. The minimum Gasteiger partial charge on any atom is -0.480 e. The largest absolute Gasteiger partial charge is 0.480 e. The molecular weight excluding hydrogens is 410 g/mol. The molecule has 0 saturated carbocycles. The predicted molar refractivity (Wildman–Crippen MR) is 110 cm³/mol. The lowest BCUT2D eigenvalue weighted by Crippen LogP contribution is -2.46. The number of carboxylic acid groups (broad SMARTS) is 1. The maximum atomic E-state index is 11.5. The molecule has 0 bridgehead atoms. The Morgan fingerprint density at radius 1 is 1.07 bits per heavy atom. The summed E-state index contributed by atoms with van der Waals surface area (Å²) in [5.74, 6) is -1.53. The summed E-state index contributed by atoms with van der Waals surface area (Å²) >= 11 is 7.68. The smallest absolute Gasteiger partial charge is 0.327 e. The molecule has 0 aromatic rings. The molecule has 6 N–H and O–H groups in total. The first-order valence-electron chi connectivity index (χ1n) is 8.47. The normalized spacial score (nSPS) is 12.7. The third-order valence-corrected chi connectivity index (χ3v) is 3.93. The van der Waals surface area contributed by atoms with E-state index in [-0.39, 0.29) is 37.1 Å². The molecule has 0 rings (SSSR count). The summed E-state index contributed by atoms with van der Waals surface area (Å²) in [4.78, 5) is 43.2. The van der Waals surface area contributed by atoms with Crippen molar-refractivity contribution in [3.05, 3.63) is 0 Å². The molecule has 0 spiro atoms. The van der Waals surface area contributed by atoms with Crippen molar-refractivity contribution in [2.45, 2.75) is 39.3 Å². The highest BCUT2D eigenvalue weighted by molar-refractivity contribution is 7.80. The van der Waals surface area contributed by atoms with Gasteiger partial charge in [0.1, 0.15) is 12.1 Å². The Bertz CT molecular complexity index is 518. The molecule has 0 aliphatic carbocycles. The molecular formula is C16H31N3O7S2. The van der Waals surface area contributed by atoms with E-state index in [4.69, 9.17) is 10.2 Å². The van der Waals surface area contributed by atoms with Crippen LogP contribution in [0, 0.1) is 5.41 Å². The summed E-state index contributed by atoms with van der Waals surface area (Å²) in [6.45, 7) is 4.75. The quantitative estimate of drug-likeness (QED) is 0.179. The Kier molecular flexibility index (Phi) is 15.8. The molecule has 0 aliphatic rings. The zero-order chi connectivity index (χ0) is 22.3. The number of aliphatic hydroxyl groups excluding tert-OH is 2. The fourth-order valence-electron chi connectivity index (χ4n) is 1.55. The first-order chi connectivity index (χ1) is 12.9. The van der Waals surface area contributed by atoms with Crippen LogP contribution in [0.15, 0.2) is 0 Å². The second-order valence-electron chi connectivity index (χ2n) is 6.44. The molecule has 2 atom stereocenters. The van der Waals surface area contributed by atoms with Crippen LogP contribution in [0.2, 0.25) is 0 Å². The standard InChI is InChI=1S/C11H22N2O4S.C5H9NO3S/c1-11(2,7-14)9(16)10(17)13-4-3-8(15)12-5-6-18;1-3(7)6-4(2-10)5(8)9/h9,14,16,18H,3-7H2,1-2H3,(H,12,15)(H,13,17);4,10H,2H2,1H3,(H,6,7)(H,8,9). The number of amides is 3. The van der Waals surface area contributed by atoms with Crippen LogP contribution in [-0.2, 0) is 19.2 Å². The SMILES string of the molecule is CC(=O)NC(CS)C(=O)O.CC(C)(CO)C(O)C(=O)NCCC(=O)NCCS. The molecule has 10 nitrogen and oxygen atoms in total. The Balaban J connectivity index is 0. The molecule has 0 aromatic heterocycles. The van der Waals surface area contributed by atoms with Crippen LogP contribution in [0.25, 0.3) is 0 Å². The number of aliphatic carboxylic acids is 1. The molecule has 0 saturated heterocycles. The summed E-state index contributed by atoms with van der Waals surface area (Å²) in [5.41, 5.74) is -0.904. The maximum Gasteiger partial charge on any atom is 0.327 e. The van der Waals surface area contributed by atoms with Gasteiger partial charge in [0.05, 0.1) is 6.61 Å². The first kappa shape index (κ1) is 28.7. The molecule has 28 heavy (non-hydrogen) atoms. The number of hydrogen-bond acceptors (Lipinski definition) is 8. The number of thiol groups is 2. The Hall–Kier alpha value is -1.50. The molecule has 12 heteroatoms. The first-order valence-corrected chi connectivity index (χ1v) is 9.74. The van der Waals surface area contributed by atoms with E-state index < -0.39 is 29.4 Å². The second kappa shape index (κ2) is 15.4. The van der Waals surface area contributed by atoms with E-state index >= 15 is 0 Å². The number of hydrogen-bond donors (Lipinski definition) is 8. The molecule has 2 unspecified atom stereocenters. The zero-order valence-corrected chi connectivity index (χ0v) is 18.1. The number of rotatable bonds is 11. The van der Waals surface area contributed by atoms with Gasteiger partial charge in [0, 0.05) is 43.4 Å². The monoisotopic (exact) mass is 441 g/mol. The van der Waals surface area contributed by atoms with Gasteiger partial charge in [0.15, 0.2) is 0 Å². The molecule has 0 radical (unpaired) electrons. The topological polar surface area (TPSA) is 165 Å². The van der Waals surface area contributed by atoms with Gasteiger partial charge in [-0.3, -0.25) is 14.4 Å². The molecule has 0 aliphatic heterocycles. The Morgan fingerprint density at radius 2 is 1.64 bits per heavy atom. The Morgan fingerprint density at radius 3 is 2.00 bits per heavy atom. The lowest BCUT2D eigenvalue weighted by Gasteiger charge is -2.27. The number of carboxylic acids is 1. The van der Waals surface area contributed by atoms with E-state index in [1.807, 2.05) is 0 Å². The molecule has 3 amide bonds. The van der Waals surface area contributed by atoms with Crippen LogP contribution in [0.3, 0.4) is 0 Å². The summed E-state index contributed by atoms with van der Waals surface area (Å²) in [6.07, 6.45) is -1.16. The van der Waals surface area contributed by atoms with E-state index in [9.17, 15) is 24.3 Å². The summed E-state index contributed by atoms with van der Waals surface area (Å²) in [7, 11) is 0. The highest BCUT2D eigenvalue weighted by Crippen LogP contribution is 2.19. The van der Waals surface area contributed by atoms with Crippen LogP contribution in [0.1, 0.15) is 27.2 Å². The Labute approximate surface area is 175 Å². The van der Waals surface area contributed by atoms with Gasteiger partial charge in [-0.2, -0.15) is 25.3 Å². The van der Waals surface area contributed by atoms with Gasteiger partial charge in [-0.25, -0.2) is 4.79 Å². The minimum atomic E-state index is -1.30. The van der Waals surface area contributed by atoms with Gasteiger partial charge >= 0.3 is 5.97 Å². The fourth-order valence-corrected chi connectivity index (χ4v) is 1.91. The average molecular weight is 442 g/mol. The lowest BCUT2D eigenvalue weighted by atomic mass is 9.87. The van der Waals surface area contributed by atoms with Crippen LogP contribution in [0.4, 0.5) is 0 Å². The third kappa shape index (κ3) is 13.6. The zero-order valence-electron chi connectivity index (χ0n) is 16.3. The summed E-state index contributed by atoms with van der Waals surface area (Å²) < 4.78 is 0. The van der Waals surface area contributed by atoms with Gasteiger partial charge in [-0.15, -0.1) is 0 Å². The molecule has 0 fully saturated rings. The van der Waals surface area contributed by atoms with Crippen molar-refractivity contribution < 1.29 is 34.5 Å². The van der Waals surface area contributed by atoms with E-state index in [0.717, 1.165) is 0 Å². The summed E-state index contributed by atoms with van der Waals surface area (Å²) in [6, 6.07) is -0.874. The molecule has 0 aromatic carbocycles. The van der Waals surface area contributed by atoms with Crippen molar-refractivity contribution in [1.29, 1.82) is 0 Å². The second-order valence-corrected chi connectivity index (χ2v) is 7.25. The number of carbonyl (C=O) groups excluding carboxylic acids is 3. The maximum absolute atomic E-state index is 11.5. The van der Waals surface area contributed by atoms with Crippen molar-refractivity contribution in [2.75, 3.05) is 31.2 Å². The van der Waals surface area contributed by atoms with Crippen LogP contribution in [-0.4, -0.2) is 82.4 Å². The predicted octanol–water partition coefficient (Wildman–Crippen LogP) is -1.58. The number of carbonyl (C=O) groups is 4.